The molecule has 1 heterocycles. The van der Waals surface area contributed by atoms with Crippen LogP contribution in [0.5, 0.6) is 0 Å². The van der Waals surface area contributed by atoms with Gasteiger partial charge in [-0.1, -0.05) is 30.3 Å². The lowest BCUT2D eigenvalue weighted by atomic mass is 9.77. The highest BCUT2D eigenvalue weighted by Crippen LogP contribution is 2.40. The lowest BCUT2D eigenvalue weighted by Gasteiger charge is -2.54. The fourth-order valence-corrected chi connectivity index (χ4v) is 3.60. The Labute approximate surface area is 121 Å². The van der Waals surface area contributed by atoms with Crippen molar-refractivity contribution in [3.05, 3.63) is 35.9 Å². The fraction of sp³-hybridized carbons (Fsp3) is 0.588. The smallest absolute Gasteiger partial charge is 0.293 e. The predicted molar refractivity (Wildman–Crippen MR) is 80.3 cm³/mol. The summed E-state index contributed by atoms with van der Waals surface area (Å²) in [4.78, 5) is 13.2. The predicted octanol–water partition coefficient (Wildman–Crippen LogP) is 3.38. The molecule has 0 atom stereocenters. The van der Waals surface area contributed by atoms with Crippen LogP contribution >= 0.6 is 0 Å². The van der Waals surface area contributed by atoms with Crippen LogP contribution in [0.3, 0.4) is 0 Å². The van der Waals surface area contributed by atoms with Crippen LogP contribution in [0.2, 0.25) is 0 Å². The normalized spacial score (nSPS) is 22.4. The number of piperidine rings is 1. The van der Waals surface area contributed by atoms with Crippen LogP contribution in [-0.2, 0) is 16.1 Å². The molecule has 3 nitrogen and oxygen atoms in total. The first-order valence-electron chi connectivity index (χ1n) is 7.26. The van der Waals surface area contributed by atoms with Crippen LogP contribution < -0.4 is 0 Å². The van der Waals surface area contributed by atoms with Crippen LogP contribution in [0.15, 0.2) is 30.3 Å². The Morgan fingerprint density at radius 3 is 2.20 bits per heavy atom. The van der Waals surface area contributed by atoms with Gasteiger partial charge in [0.05, 0.1) is 0 Å². The summed E-state index contributed by atoms with van der Waals surface area (Å²) in [5.74, 6) is 0. The second kappa shape index (κ2) is 5.57. The summed E-state index contributed by atoms with van der Waals surface area (Å²) in [6.07, 6.45) is 1.77. The molecule has 0 aliphatic carbocycles. The van der Waals surface area contributed by atoms with Crippen molar-refractivity contribution in [2.24, 2.45) is 0 Å². The molecule has 1 saturated heterocycles. The van der Waals surface area contributed by atoms with Crippen LogP contribution in [0.4, 0.5) is 0 Å². The molecule has 0 spiro atoms. The van der Waals surface area contributed by atoms with E-state index >= 15 is 0 Å². The zero-order valence-electron chi connectivity index (χ0n) is 12.9. The number of likely N-dealkylation sites (tertiary alicyclic amines) is 1. The summed E-state index contributed by atoms with van der Waals surface area (Å²) < 4.78 is 5.25. The maximum Gasteiger partial charge on any atom is 0.293 e. The molecule has 2 rings (SSSR count). The number of hydrogen-bond donors (Lipinski definition) is 0. The summed E-state index contributed by atoms with van der Waals surface area (Å²) in [7, 11) is 0. The van der Waals surface area contributed by atoms with Crippen molar-refractivity contribution in [1.82, 2.24) is 4.90 Å². The van der Waals surface area contributed by atoms with E-state index in [1.165, 1.54) is 5.56 Å². The van der Waals surface area contributed by atoms with Gasteiger partial charge in [-0.3, -0.25) is 9.69 Å². The number of nitrogens with zero attached hydrogens (tertiary/aromatic N) is 1. The Morgan fingerprint density at radius 2 is 1.70 bits per heavy atom. The minimum absolute atomic E-state index is 0.00523. The lowest BCUT2D eigenvalue weighted by molar-refractivity contribution is -0.146. The Kier molecular flexibility index (Phi) is 4.19. The van der Waals surface area contributed by atoms with Crippen LogP contribution in [0.1, 0.15) is 46.1 Å². The lowest BCUT2D eigenvalue weighted by Crippen LogP contribution is -2.61. The molecule has 0 bridgehead atoms. The zero-order chi connectivity index (χ0) is 14.8. The Morgan fingerprint density at radius 1 is 1.15 bits per heavy atom. The SMILES string of the molecule is CC1(C)CC(OC=O)CC(C)(C)N1Cc1ccccc1. The molecular formula is C17H25NO2. The Bertz CT molecular complexity index is 435. The van der Waals surface area contributed by atoms with Gasteiger partial charge in [-0.05, 0) is 33.3 Å². The third-order valence-corrected chi connectivity index (χ3v) is 4.35. The van der Waals surface area contributed by atoms with Crippen molar-refractivity contribution >= 4 is 6.47 Å². The first-order chi connectivity index (χ1) is 9.35. The fourth-order valence-electron chi connectivity index (χ4n) is 3.60. The summed E-state index contributed by atoms with van der Waals surface area (Å²) in [5.41, 5.74) is 1.33. The van der Waals surface area contributed by atoms with E-state index in [1.54, 1.807) is 0 Å². The van der Waals surface area contributed by atoms with Gasteiger partial charge in [0.15, 0.2) is 0 Å². The van der Waals surface area contributed by atoms with Crippen molar-refractivity contribution < 1.29 is 9.53 Å². The molecule has 1 aliphatic heterocycles. The topological polar surface area (TPSA) is 29.5 Å². The summed E-state index contributed by atoms with van der Waals surface area (Å²) in [5, 5.41) is 0. The second-order valence-corrected chi connectivity index (χ2v) is 6.96. The van der Waals surface area contributed by atoms with E-state index < -0.39 is 0 Å². The molecule has 0 aromatic heterocycles. The molecular weight excluding hydrogens is 250 g/mol. The molecule has 0 unspecified atom stereocenters. The van der Waals surface area contributed by atoms with Gasteiger partial charge in [-0.15, -0.1) is 0 Å². The van der Waals surface area contributed by atoms with Gasteiger partial charge in [-0.2, -0.15) is 0 Å². The third kappa shape index (κ3) is 3.21. The molecule has 3 heteroatoms. The van der Waals surface area contributed by atoms with Crippen molar-refractivity contribution in [1.29, 1.82) is 0 Å². The zero-order valence-corrected chi connectivity index (χ0v) is 12.9. The highest BCUT2D eigenvalue weighted by atomic mass is 16.5. The molecule has 1 aromatic carbocycles. The van der Waals surface area contributed by atoms with Gasteiger partial charge in [0.2, 0.25) is 0 Å². The van der Waals surface area contributed by atoms with E-state index in [9.17, 15) is 4.79 Å². The van der Waals surface area contributed by atoms with E-state index in [0.29, 0.717) is 6.47 Å². The van der Waals surface area contributed by atoms with E-state index in [0.717, 1.165) is 19.4 Å². The van der Waals surface area contributed by atoms with E-state index in [-0.39, 0.29) is 17.2 Å². The number of carbonyl (C=O) groups excluding carboxylic acids is 1. The van der Waals surface area contributed by atoms with Gasteiger partial charge < -0.3 is 4.74 Å². The highest BCUT2D eigenvalue weighted by Gasteiger charge is 2.45. The third-order valence-electron chi connectivity index (χ3n) is 4.35. The largest absolute Gasteiger partial charge is 0.464 e. The molecule has 0 N–H and O–H groups in total. The van der Waals surface area contributed by atoms with Gasteiger partial charge in [0, 0.05) is 30.5 Å². The van der Waals surface area contributed by atoms with Crippen LogP contribution in [-0.4, -0.2) is 28.6 Å². The van der Waals surface area contributed by atoms with Crippen molar-refractivity contribution in [3.8, 4) is 0 Å². The number of rotatable bonds is 4. The van der Waals surface area contributed by atoms with Crippen molar-refractivity contribution in [2.45, 2.75) is 64.3 Å². The maximum atomic E-state index is 10.6. The number of hydrogen-bond acceptors (Lipinski definition) is 3. The first-order valence-corrected chi connectivity index (χ1v) is 7.26. The number of ether oxygens (including phenoxy) is 1. The molecule has 20 heavy (non-hydrogen) atoms. The standard InChI is InChI=1S/C17H25NO2/c1-16(2)10-15(20-13-19)11-17(3,4)18(16)12-14-8-6-5-7-9-14/h5-9,13,15H,10-12H2,1-4H3. The average molecular weight is 275 g/mol. The summed E-state index contributed by atoms with van der Waals surface area (Å²) in [6, 6.07) is 10.5. The quantitative estimate of drug-likeness (QED) is 0.789. The Hall–Kier alpha value is -1.35. The number of carbonyl (C=O) groups is 1. The van der Waals surface area contributed by atoms with Gasteiger partial charge in [-0.25, -0.2) is 0 Å². The van der Waals surface area contributed by atoms with E-state index in [4.69, 9.17) is 4.74 Å². The molecule has 1 fully saturated rings. The van der Waals surface area contributed by atoms with Crippen LogP contribution in [0, 0.1) is 0 Å². The summed E-state index contributed by atoms with van der Waals surface area (Å²) >= 11 is 0. The Balaban J connectivity index is 2.20. The van der Waals surface area contributed by atoms with Gasteiger partial charge in [0.25, 0.3) is 6.47 Å². The minimum atomic E-state index is 0.00523. The second-order valence-electron chi connectivity index (χ2n) is 6.96. The molecule has 1 aliphatic rings. The highest BCUT2D eigenvalue weighted by molar-refractivity contribution is 5.37. The van der Waals surface area contributed by atoms with Crippen molar-refractivity contribution in [2.75, 3.05) is 0 Å². The van der Waals surface area contributed by atoms with Gasteiger partial charge in [0.1, 0.15) is 6.10 Å². The molecule has 110 valence electrons. The molecule has 1 aromatic rings. The maximum absolute atomic E-state index is 10.6. The van der Waals surface area contributed by atoms with Crippen molar-refractivity contribution in [3.63, 3.8) is 0 Å². The van der Waals surface area contributed by atoms with E-state index in [2.05, 4.69) is 56.9 Å². The average Bonchev–Trinajstić information content (AvgIpc) is 2.35. The van der Waals surface area contributed by atoms with Crippen LogP contribution in [0.25, 0.3) is 0 Å². The molecule has 0 amide bonds. The monoisotopic (exact) mass is 275 g/mol. The number of benzene rings is 1. The molecule has 0 saturated carbocycles. The van der Waals surface area contributed by atoms with E-state index in [1.807, 2.05) is 6.07 Å². The van der Waals surface area contributed by atoms with Gasteiger partial charge >= 0.3 is 0 Å². The first kappa shape index (κ1) is 15.0. The summed E-state index contributed by atoms with van der Waals surface area (Å²) in [6.45, 7) is 10.4. The molecule has 0 radical (unpaired) electrons. The minimum Gasteiger partial charge on any atom is -0.464 e.